The van der Waals surface area contributed by atoms with Crippen molar-refractivity contribution in [3.8, 4) is 6.07 Å². The second kappa shape index (κ2) is 8.88. The molecule has 0 unspecified atom stereocenters. The molecule has 0 aliphatic rings. The third kappa shape index (κ3) is 4.29. The number of aromatic nitrogens is 1. The van der Waals surface area contributed by atoms with Crippen molar-refractivity contribution in [1.82, 2.24) is 4.57 Å². The van der Waals surface area contributed by atoms with Crippen LogP contribution in [-0.2, 0) is 6.54 Å². The van der Waals surface area contributed by atoms with Gasteiger partial charge in [-0.05, 0) is 29.8 Å². The Morgan fingerprint density at radius 2 is 1.88 bits per heavy atom. The van der Waals surface area contributed by atoms with Crippen molar-refractivity contribution in [2.45, 2.75) is 6.54 Å². The Morgan fingerprint density at radius 1 is 1.09 bits per heavy atom. The first-order chi connectivity index (χ1) is 15.5. The van der Waals surface area contributed by atoms with Gasteiger partial charge in [0.15, 0.2) is 0 Å². The van der Waals surface area contributed by atoms with E-state index in [1.807, 2.05) is 65.4 Å². The molecule has 0 amide bonds. The van der Waals surface area contributed by atoms with Crippen molar-refractivity contribution >= 4 is 40.1 Å². The van der Waals surface area contributed by atoms with E-state index >= 15 is 0 Å². The molecule has 156 valence electrons. The number of non-ortho nitro benzene ring substituents is 1. The van der Waals surface area contributed by atoms with Gasteiger partial charge in [-0.2, -0.15) is 5.26 Å². The summed E-state index contributed by atoms with van der Waals surface area (Å²) >= 11 is 6.11. The van der Waals surface area contributed by atoms with Gasteiger partial charge in [0.2, 0.25) is 5.78 Å². The summed E-state index contributed by atoms with van der Waals surface area (Å²) < 4.78 is 2.03. The summed E-state index contributed by atoms with van der Waals surface area (Å²) in [6.07, 6.45) is 3.40. The van der Waals surface area contributed by atoms with Crippen molar-refractivity contribution in [2.75, 3.05) is 0 Å². The topological polar surface area (TPSA) is 88.9 Å². The molecule has 4 rings (SSSR count). The zero-order chi connectivity index (χ0) is 22.7. The lowest BCUT2D eigenvalue weighted by molar-refractivity contribution is -0.384. The van der Waals surface area contributed by atoms with Gasteiger partial charge in [-0.25, -0.2) is 0 Å². The van der Waals surface area contributed by atoms with Crippen LogP contribution >= 0.6 is 11.6 Å². The third-order valence-corrected chi connectivity index (χ3v) is 5.28. The first kappa shape index (κ1) is 21.0. The van der Waals surface area contributed by atoms with Gasteiger partial charge in [-0.15, -0.1) is 0 Å². The van der Waals surface area contributed by atoms with Crippen LogP contribution < -0.4 is 0 Å². The average molecular weight is 442 g/mol. The average Bonchev–Trinajstić information content (AvgIpc) is 3.14. The standard InChI is InChI=1S/C25H16ClN3O3/c26-21-7-3-5-17(11-21)15-28-16-20(23-9-1-2-10-24(23)28)12-19(14-27)25(30)18-6-4-8-22(13-18)29(31)32/h1-13,16H,15H2/b19-12+. The van der Waals surface area contributed by atoms with E-state index < -0.39 is 10.7 Å². The van der Waals surface area contributed by atoms with E-state index in [2.05, 4.69) is 0 Å². The molecule has 1 aromatic heterocycles. The fourth-order valence-electron chi connectivity index (χ4n) is 3.57. The molecule has 32 heavy (non-hydrogen) atoms. The number of carbonyl (C=O) groups excluding carboxylic acids is 1. The van der Waals surface area contributed by atoms with E-state index in [1.54, 1.807) is 0 Å². The van der Waals surface area contributed by atoms with Crippen LogP contribution in [0.25, 0.3) is 17.0 Å². The minimum absolute atomic E-state index is 0.0923. The number of fused-ring (bicyclic) bond motifs is 1. The van der Waals surface area contributed by atoms with Gasteiger partial charge in [-0.3, -0.25) is 14.9 Å². The number of nitro groups is 1. The molecule has 0 saturated carbocycles. The van der Waals surface area contributed by atoms with E-state index in [-0.39, 0.29) is 16.8 Å². The Labute approximate surface area is 188 Å². The number of para-hydroxylation sites is 1. The Hall–Kier alpha value is -4.21. The summed E-state index contributed by atoms with van der Waals surface area (Å²) in [4.78, 5) is 23.3. The van der Waals surface area contributed by atoms with Crippen molar-refractivity contribution in [3.05, 3.63) is 116 Å². The Kier molecular flexibility index (Phi) is 5.84. The number of Topliss-reactive ketones (excluding diaryl/α,β-unsaturated/α-hetero) is 1. The summed E-state index contributed by atoms with van der Waals surface area (Å²) in [6.45, 7) is 0.565. The van der Waals surface area contributed by atoms with Crippen LogP contribution in [0.2, 0.25) is 5.02 Å². The molecule has 0 saturated heterocycles. The van der Waals surface area contributed by atoms with Gasteiger partial charge < -0.3 is 4.57 Å². The predicted molar refractivity (Wildman–Crippen MR) is 124 cm³/mol. The van der Waals surface area contributed by atoms with Crippen molar-refractivity contribution in [1.29, 1.82) is 5.26 Å². The number of ketones is 1. The van der Waals surface area contributed by atoms with Crippen LogP contribution in [0.1, 0.15) is 21.5 Å². The number of carbonyl (C=O) groups is 1. The van der Waals surface area contributed by atoms with E-state index in [0.717, 1.165) is 16.5 Å². The number of nitro benzene ring substituents is 1. The minimum Gasteiger partial charge on any atom is -0.342 e. The lowest BCUT2D eigenvalue weighted by atomic mass is 10.0. The van der Waals surface area contributed by atoms with Gasteiger partial charge in [-0.1, -0.05) is 54.1 Å². The zero-order valence-electron chi connectivity index (χ0n) is 16.7. The summed E-state index contributed by atoms with van der Waals surface area (Å²) in [5, 5.41) is 22.2. The monoisotopic (exact) mass is 441 g/mol. The molecule has 0 aliphatic heterocycles. The largest absolute Gasteiger partial charge is 0.342 e. The molecule has 0 spiro atoms. The van der Waals surface area contributed by atoms with Crippen LogP contribution in [-0.4, -0.2) is 15.3 Å². The highest BCUT2D eigenvalue weighted by Gasteiger charge is 2.17. The Bertz CT molecular complexity index is 1430. The fourth-order valence-corrected chi connectivity index (χ4v) is 3.79. The number of benzene rings is 3. The lowest BCUT2D eigenvalue weighted by Gasteiger charge is -2.05. The van der Waals surface area contributed by atoms with Crippen molar-refractivity contribution in [3.63, 3.8) is 0 Å². The van der Waals surface area contributed by atoms with Crippen LogP contribution in [0.4, 0.5) is 5.69 Å². The molecule has 0 aliphatic carbocycles. The van der Waals surface area contributed by atoms with Gasteiger partial charge in [0.25, 0.3) is 5.69 Å². The molecular weight excluding hydrogens is 426 g/mol. The molecule has 3 aromatic carbocycles. The first-order valence-electron chi connectivity index (χ1n) is 9.69. The van der Waals surface area contributed by atoms with E-state index in [1.165, 1.54) is 30.3 Å². The van der Waals surface area contributed by atoms with E-state index in [9.17, 15) is 20.2 Å². The normalized spacial score (nSPS) is 11.3. The number of hydrogen-bond acceptors (Lipinski definition) is 4. The fraction of sp³-hybridized carbons (Fsp3) is 0.0400. The smallest absolute Gasteiger partial charge is 0.270 e. The van der Waals surface area contributed by atoms with Crippen molar-refractivity contribution < 1.29 is 9.72 Å². The molecule has 0 atom stereocenters. The van der Waals surface area contributed by atoms with E-state index in [4.69, 9.17) is 11.6 Å². The SMILES string of the molecule is N#C/C(=C\c1cn(Cc2cccc(Cl)c2)c2ccccc12)C(=O)c1cccc([N+](=O)[O-])c1. The third-order valence-electron chi connectivity index (χ3n) is 5.05. The quantitative estimate of drug-likeness (QED) is 0.120. The minimum atomic E-state index is -0.573. The van der Waals surface area contributed by atoms with Crippen LogP contribution in [0, 0.1) is 21.4 Å². The summed E-state index contributed by atoms with van der Waals surface area (Å²) in [7, 11) is 0. The van der Waals surface area contributed by atoms with Crippen LogP contribution in [0.3, 0.4) is 0 Å². The van der Waals surface area contributed by atoms with Gasteiger partial charge in [0.05, 0.1) is 4.92 Å². The Morgan fingerprint density at radius 3 is 2.62 bits per heavy atom. The molecule has 0 bridgehead atoms. The maximum atomic E-state index is 12.9. The molecule has 7 heteroatoms. The maximum Gasteiger partial charge on any atom is 0.270 e. The molecule has 6 nitrogen and oxygen atoms in total. The van der Waals surface area contributed by atoms with Gasteiger partial charge >= 0.3 is 0 Å². The molecule has 0 N–H and O–H groups in total. The molecule has 0 fully saturated rings. The summed E-state index contributed by atoms with van der Waals surface area (Å²) in [5.74, 6) is -0.567. The number of halogens is 1. The zero-order valence-corrected chi connectivity index (χ0v) is 17.5. The summed E-state index contributed by atoms with van der Waals surface area (Å²) in [5.41, 5.74) is 2.45. The van der Waals surface area contributed by atoms with Gasteiger partial charge in [0.1, 0.15) is 11.6 Å². The van der Waals surface area contributed by atoms with Crippen molar-refractivity contribution in [2.24, 2.45) is 0 Å². The van der Waals surface area contributed by atoms with E-state index in [0.29, 0.717) is 17.1 Å². The number of nitrogens with zero attached hydrogens (tertiary/aromatic N) is 3. The highest BCUT2D eigenvalue weighted by Crippen LogP contribution is 2.26. The maximum absolute atomic E-state index is 12.9. The second-order valence-electron chi connectivity index (χ2n) is 7.17. The molecular formula is C25H16ClN3O3. The number of nitriles is 1. The lowest BCUT2D eigenvalue weighted by Crippen LogP contribution is -2.02. The van der Waals surface area contributed by atoms with Crippen LogP contribution in [0.15, 0.2) is 84.6 Å². The number of hydrogen-bond donors (Lipinski definition) is 0. The van der Waals surface area contributed by atoms with Gasteiger partial charge in [0, 0.05) is 51.9 Å². The number of allylic oxidation sites excluding steroid dienone is 1. The van der Waals surface area contributed by atoms with Crippen LogP contribution in [0.5, 0.6) is 0 Å². The first-order valence-corrected chi connectivity index (χ1v) is 10.1. The number of rotatable bonds is 6. The Balaban J connectivity index is 1.75. The molecule has 4 aromatic rings. The molecule has 1 heterocycles. The molecule has 0 radical (unpaired) electrons. The predicted octanol–water partition coefficient (Wildman–Crippen LogP) is 6.04. The summed E-state index contributed by atoms with van der Waals surface area (Å²) in [6, 6.07) is 22.6. The highest BCUT2D eigenvalue weighted by molar-refractivity contribution is 6.30. The second-order valence-corrected chi connectivity index (χ2v) is 7.60. The highest BCUT2D eigenvalue weighted by atomic mass is 35.5.